The lowest BCUT2D eigenvalue weighted by Gasteiger charge is -2.20. The Balaban J connectivity index is 0.00000312. The van der Waals surface area contributed by atoms with Crippen molar-refractivity contribution in [2.24, 2.45) is 10.7 Å². The molecule has 0 bridgehead atoms. The van der Waals surface area contributed by atoms with E-state index < -0.39 is 5.91 Å². The van der Waals surface area contributed by atoms with Gasteiger partial charge in [-0.3, -0.25) is 9.79 Å². The summed E-state index contributed by atoms with van der Waals surface area (Å²) in [6.07, 6.45) is 6.48. The Kier molecular flexibility index (Phi) is 10.6. The monoisotopic (exact) mass is 463 g/mol. The third-order valence-electron chi connectivity index (χ3n) is 4.20. The van der Waals surface area contributed by atoms with Gasteiger partial charge in [0.25, 0.3) is 5.91 Å². The van der Waals surface area contributed by atoms with E-state index in [2.05, 4.69) is 20.5 Å². The summed E-state index contributed by atoms with van der Waals surface area (Å²) in [5, 5.41) is 6.47. The van der Waals surface area contributed by atoms with Crippen LogP contribution in [0.3, 0.4) is 0 Å². The van der Waals surface area contributed by atoms with E-state index in [1.165, 1.54) is 38.8 Å². The quantitative estimate of drug-likeness (QED) is 0.249. The van der Waals surface area contributed by atoms with E-state index in [4.69, 9.17) is 10.2 Å². The summed E-state index contributed by atoms with van der Waals surface area (Å²) in [5.41, 5.74) is 5.17. The van der Waals surface area contributed by atoms with E-state index in [1.807, 2.05) is 0 Å². The molecule has 0 atom stereocenters. The SMILES string of the molecule is CN=C(NCCCN1CCCCCC1)NCc1ccc(C(N)=O)o1.I. The molecule has 2 heterocycles. The summed E-state index contributed by atoms with van der Waals surface area (Å²) in [6, 6.07) is 3.32. The molecule has 0 saturated carbocycles. The molecule has 8 heteroatoms. The maximum absolute atomic E-state index is 11.0. The van der Waals surface area contributed by atoms with Crippen LogP contribution in [0.5, 0.6) is 0 Å². The van der Waals surface area contributed by atoms with Crippen LogP contribution >= 0.6 is 24.0 Å². The molecule has 4 N–H and O–H groups in total. The van der Waals surface area contributed by atoms with E-state index in [-0.39, 0.29) is 29.7 Å². The second-order valence-electron chi connectivity index (χ2n) is 6.09. The highest BCUT2D eigenvalue weighted by Crippen LogP contribution is 2.09. The Morgan fingerprint density at radius 3 is 2.56 bits per heavy atom. The number of halogens is 1. The van der Waals surface area contributed by atoms with Crippen molar-refractivity contribution in [1.29, 1.82) is 0 Å². The first-order valence-electron chi connectivity index (χ1n) is 8.74. The second kappa shape index (κ2) is 12.1. The first kappa shape index (κ1) is 21.8. The molecule has 1 aromatic rings. The number of carbonyl (C=O) groups is 1. The lowest BCUT2D eigenvalue weighted by Crippen LogP contribution is -2.38. The van der Waals surface area contributed by atoms with Gasteiger partial charge in [-0.15, -0.1) is 24.0 Å². The lowest BCUT2D eigenvalue weighted by atomic mass is 10.2. The summed E-state index contributed by atoms with van der Waals surface area (Å²) < 4.78 is 5.33. The molecule has 1 aromatic heterocycles. The Morgan fingerprint density at radius 1 is 1.24 bits per heavy atom. The lowest BCUT2D eigenvalue weighted by molar-refractivity contribution is 0.0972. The third kappa shape index (κ3) is 8.08. The minimum Gasteiger partial charge on any atom is -0.454 e. The van der Waals surface area contributed by atoms with Gasteiger partial charge in [0.2, 0.25) is 0 Å². The van der Waals surface area contributed by atoms with E-state index in [0.29, 0.717) is 12.3 Å². The minimum atomic E-state index is -0.558. The average molecular weight is 463 g/mol. The number of furan rings is 1. The molecule has 25 heavy (non-hydrogen) atoms. The van der Waals surface area contributed by atoms with Crippen LogP contribution in [0.25, 0.3) is 0 Å². The number of hydrogen-bond donors (Lipinski definition) is 3. The number of nitrogens with zero attached hydrogens (tertiary/aromatic N) is 2. The highest BCUT2D eigenvalue weighted by Gasteiger charge is 2.09. The molecule has 7 nitrogen and oxygen atoms in total. The standard InChI is InChI=1S/C17H29N5O2.HI/c1-19-17(21-13-14-7-8-15(24-14)16(18)23)20-9-6-12-22-10-4-2-3-5-11-22;/h7-8H,2-6,9-13H2,1H3,(H2,18,23)(H2,19,20,21);1H. The fourth-order valence-corrected chi connectivity index (χ4v) is 2.87. The number of amides is 1. The fraction of sp³-hybridized carbons (Fsp3) is 0.647. The van der Waals surface area contributed by atoms with Crippen molar-refractivity contribution < 1.29 is 9.21 Å². The molecule has 0 aliphatic carbocycles. The van der Waals surface area contributed by atoms with Crippen LogP contribution < -0.4 is 16.4 Å². The highest BCUT2D eigenvalue weighted by molar-refractivity contribution is 14.0. The van der Waals surface area contributed by atoms with Gasteiger partial charge < -0.3 is 25.7 Å². The van der Waals surface area contributed by atoms with Crippen molar-refractivity contribution in [3.63, 3.8) is 0 Å². The van der Waals surface area contributed by atoms with Crippen molar-refractivity contribution in [2.45, 2.75) is 38.6 Å². The van der Waals surface area contributed by atoms with E-state index >= 15 is 0 Å². The molecule has 0 aromatic carbocycles. The van der Waals surface area contributed by atoms with Gasteiger partial charge in [-0.2, -0.15) is 0 Å². The van der Waals surface area contributed by atoms with Gasteiger partial charge in [0.1, 0.15) is 5.76 Å². The highest BCUT2D eigenvalue weighted by atomic mass is 127. The third-order valence-corrected chi connectivity index (χ3v) is 4.20. The minimum absolute atomic E-state index is 0. The fourth-order valence-electron chi connectivity index (χ4n) is 2.87. The molecule has 0 radical (unpaired) electrons. The Hall–Kier alpha value is -1.29. The Labute approximate surface area is 166 Å². The van der Waals surface area contributed by atoms with Gasteiger partial charge in [0.05, 0.1) is 6.54 Å². The Morgan fingerprint density at radius 2 is 1.96 bits per heavy atom. The molecular formula is C17H30IN5O2. The maximum Gasteiger partial charge on any atom is 0.284 e. The largest absolute Gasteiger partial charge is 0.454 e. The second-order valence-corrected chi connectivity index (χ2v) is 6.09. The molecule has 0 unspecified atom stereocenters. The number of likely N-dealkylation sites (tertiary alicyclic amines) is 1. The van der Waals surface area contributed by atoms with Gasteiger partial charge in [0, 0.05) is 13.6 Å². The number of aliphatic imine (C=N–C) groups is 1. The number of nitrogens with two attached hydrogens (primary N) is 1. The van der Waals surface area contributed by atoms with Gasteiger partial charge in [0.15, 0.2) is 11.7 Å². The van der Waals surface area contributed by atoms with E-state index in [9.17, 15) is 4.79 Å². The molecule has 0 spiro atoms. The maximum atomic E-state index is 11.0. The van der Waals surface area contributed by atoms with Crippen molar-refractivity contribution in [3.05, 3.63) is 23.7 Å². The van der Waals surface area contributed by atoms with Crippen LogP contribution in [0.4, 0.5) is 0 Å². The van der Waals surface area contributed by atoms with Crippen molar-refractivity contribution in [1.82, 2.24) is 15.5 Å². The topological polar surface area (TPSA) is 95.9 Å². The van der Waals surface area contributed by atoms with Crippen molar-refractivity contribution in [2.75, 3.05) is 33.2 Å². The number of hydrogen-bond acceptors (Lipinski definition) is 4. The van der Waals surface area contributed by atoms with Crippen LogP contribution in [-0.2, 0) is 6.54 Å². The Bertz CT molecular complexity index is 539. The molecule has 142 valence electrons. The number of rotatable bonds is 7. The van der Waals surface area contributed by atoms with E-state index in [1.54, 1.807) is 19.2 Å². The van der Waals surface area contributed by atoms with Gasteiger partial charge in [-0.05, 0) is 51.0 Å². The average Bonchev–Trinajstić information content (AvgIpc) is 2.91. The van der Waals surface area contributed by atoms with Crippen LogP contribution in [0.1, 0.15) is 48.4 Å². The number of guanidine groups is 1. The molecule has 2 rings (SSSR count). The summed E-state index contributed by atoms with van der Waals surface area (Å²) in [7, 11) is 1.74. The van der Waals surface area contributed by atoms with Gasteiger partial charge in [-0.25, -0.2) is 0 Å². The van der Waals surface area contributed by atoms with Gasteiger partial charge >= 0.3 is 0 Å². The van der Waals surface area contributed by atoms with E-state index in [0.717, 1.165) is 25.5 Å². The molecule has 1 amide bonds. The zero-order valence-corrected chi connectivity index (χ0v) is 17.3. The molecule has 1 saturated heterocycles. The molecular weight excluding hydrogens is 433 g/mol. The van der Waals surface area contributed by atoms with Crippen LogP contribution in [0, 0.1) is 0 Å². The summed E-state index contributed by atoms with van der Waals surface area (Å²) >= 11 is 0. The van der Waals surface area contributed by atoms with Crippen LogP contribution in [-0.4, -0.2) is 50.0 Å². The predicted octanol–water partition coefficient (Wildman–Crippen LogP) is 1.93. The molecule has 1 fully saturated rings. The van der Waals surface area contributed by atoms with Crippen LogP contribution in [0.15, 0.2) is 21.5 Å². The summed E-state index contributed by atoms with van der Waals surface area (Å²) in [4.78, 5) is 17.7. The predicted molar refractivity (Wildman–Crippen MR) is 110 cm³/mol. The first-order chi connectivity index (χ1) is 11.7. The first-order valence-corrected chi connectivity index (χ1v) is 8.74. The van der Waals surface area contributed by atoms with Crippen molar-refractivity contribution >= 4 is 35.8 Å². The summed E-state index contributed by atoms with van der Waals surface area (Å²) in [6.45, 7) is 4.92. The normalized spacial score (nSPS) is 16.0. The number of primary amides is 1. The van der Waals surface area contributed by atoms with Crippen molar-refractivity contribution in [3.8, 4) is 0 Å². The zero-order valence-electron chi connectivity index (χ0n) is 14.9. The summed E-state index contributed by atoms with van der Waals surface area (Å²) in [5.74, 6) is 0.990. The number of nitrogens with one attached hydrogen (secondary N) is 2. The van der Waals surface area contributed by atoms with Crippen LogP contribution in [0.2, 0.25) is 0 Å². The number of carbonyl (C=O) groups excluding carboxylic acids is 1. The zero-order chi connectivity index (χ0) is 17.2. The molecule has 1 aliphatic rings. The van der Waals surface area contributed by atoms with Gasteiger partial charge in [-0.1, -0.05) is 12.8 Å². The molecule has 1 aliphatic heterocycles. The smallest absolute Gasteiger partial charge is 0.284 e.